The van der Waals surface area contributed by atoms with Crippen molar-refractivity contribution < 1.29 is 0 Å². The molecule has 6 nitrogen and oxygen atoms in total. The first-order chi connectivity index (χ1) is 12.0. The second kappa shape index (κ2) is 7.16. The van der Waals surface area contributed by atoms with Gasteiger partial charge in [0.1, 0.15) is 5.82 Å². The van der Waals surface area contributed by atoms with E-state index >= 15 is 0 Å². The third kappa shape index (κ3) is 3.77. The summed E-state index contributed by atoms with van der Waals surface area (Å²) in [5.41, 5.74) is 1.57. The Kier molecular flexibility index (Phi) is 4.95. The number of anilines is 3. The van der Waals surface area contributed by atoms with Crippen molar-refractivity contribution in [3.63, 3.8) is 0 Å². The van der Waals surface area contributed by atoms with Crippen LogP contribution in [0.1, 0.15) is 12.0 Å². The maximum Gasteiger partial charge on any atom is 0.227 e. The molecule has 25 heavy (non-hydrogen) atoms. The second-order valence-corrected chi connectivity index (χ2v) is 6.86. The van der Waals surface area contributed by atoms with Crippen molar-refractivity contribution in [2.45, 2.75) is 12.5 Å². The molecule has 2 aromatic rings. The molecule has 1 saturated heterocycles. The highest BCUT2D eigenvalue weighted by Gasteiger charge is 2.27. The summed E-state index contributed by atoms with van der Waals surface area (Å²) >= 11 is 6.14. The molecule has 0 bridgehead atoms. The molecule has 1 aliphatic rings. The Morgan fingerprint density at radius 2 is 2.08 bits per heavy atom. The topological polar surface area (TPSA) is 59.3 Å². The van der Waals surface area contributed by atoms with Gasteiger partial charge in [0, 0.05) is 51.1 Å². The van der Waals surface area contributed by atoms with Crippen LogP contribution in [0.15, 0.2) is 30.5 Å². The number of benzene rings is 1. The third-order valence-corrected chi connectivity index (χ3v) is 4.71. The van der Waals surface area contributed by atoms with Crippen LogP contribution in [0.2, 0.25) is 5.02 Å². The number of nitriles is 1. The van der Waals surface area contributed by atoms with Crippen LogP contribution in [0.4, 0.5) is 17.5 Å². The molecular weight excluding hydrogens is 336 g/mol. The predicted octanol–water partition coefficient (Wildman–Crippen LogP) is 2.78. The Balaban J connectivity index is 1.75. The smallest absolute Gasteiger partial charge is 0.227 e. The van der Waals surface area contributed by atoms with E-state index in [2.05, 4.69) is 25.8 Å². The molecular formula is C18H21ClN6. The number of hydrogen-bond donors (Lipinski definition) is 0. The lowest BCUT2D eigenvalue weighted by molar-refractivity contribution is 0.674. The highest BCUT2D eigenvalue weighted by atomic mass is 35.5. The minimum absolute atomic E-state index is 0.307. The van der Waals surface area contributed by atoms with Gasteiger partial charge in [-0.1, -0.05) is 11.6 Å². The summed E-state index contributed by atoms with van der Waals surface area (Å²) < 4.78 is 0. The average molecular weight is 357 g/mol. The van der Waals surface area contributed by atoms with Crippen LogP contribution in [0.3, 0.4) is 0 Å². The zero-order valence-corrected chi connectivity index (χ0v) is 15.4. The van der Waals surface area contributed by atoms with E-state index in [0.29, 0.717) is 16.6 Å². The summed E-state index contributed by atoms with van der Waals surface area (Å²) in [5.74, 6) is 1.61. The van der Waals surface area contributed by atoms with Gasteiger partial charge in [-0.2, -0.15) is 10.2 Å². The summed E-state index contributed by atoms with van der Waals surface area (Å²) in [6.45, 7) is 1.75. The summed E-state index contributed by atoms with van der Waals surface area (Å²) in [6, 6.07) is 9.85. The quantitative estimate of drug-likeness (QED) is 0.839. The Morgan fingerprint density at radius 3 is 2.80 bits per heavy atom. The van der Waals surface area contributed by atoms with Gasteiger partial charge in [0.15, 0.2) is 0 Å². The van der Waals surface area contributed by atoms with Crippen molar-refractivity contribution >= 4 is 29.1 Å². The van der Waals surface area contributed by atoms with Gasteiger partial charge in [-0.25, -0.2) is 4.98 Å². The standard InChI is InChI=1S/C18H21ClN6/c1-23(2)17-4-6-21-18(22-17)24(3)15-5-7-25(12-15)16-9-13(11-20)8-14(19)10-16/h4,6,8-10,15H,5,7,12H2,1-3H3. The predicted molar refractivity (Wildman–Crippen MR) is 102 cm³/mol. The van der Waals surface area contributed by atoms with Crippen LogP contribution in [0.25, 0.3) is 0 Å². The fourth-order valence-corrected chi connectivity index (χ4v) is 3.26. The zero-order chi connectivity index (χ0) is 18.0. The fraction of sp³-hybridized carbons (Fsp3) is 0.389. The largest absolute Gasteiger partial charge is 0.369 e. The first-order valence-corrected chi connectivity index (χ1v) is 8.54. The number of rotatable bonds is 4. The van der Waals surface area contributed by atoms with Crippen LogP contribution < -0.4 is 14.7 Å². The molecule has 1 unspecified atom stereocenters. The van der Waals surface area contributed by atoms with Crippen molar-refractivity contribution in [2.75, 3.05) is 48.9 Å². The van der Waals surface area contributed by atoms with E-state index in [1.807, 2.05) is 44.2 Å². The highest BCUT2D eigenvalue weighted by Crippen LogP contribution is 2.28. The Hall–Kier alpha value is -2.52. The molecule has 1 aliphatic heterocycles. The molecule has 0 radical (unpaired) electrons. The SMILES string of the molecule is CN(C)c1ccnc(N(C)C2CCN(c3cc(Cl)cc(C#N)c3)C2)n1. The lowest BCUT2D eigenvalue weighted by Gasteiger charge is -2.26. The molecule has 1 aromatic heterocycles. The lowest BCUT2D eigenvalue weighted by Crippen LogP contribution is -2.35. The molecule has 0 spiro atoms. The van der Waals surface area contributed by atoms with Gasteiger partial charge in [-0.05, 0) is 30.7 Å². The molecule has 7 heteroatoms. The minimum atomic E-state index is 0.307. The maximum absolute atomic E-state index is 9.13. The Bertz CT molecular complexity index is 800. The second-order valence-electron chi connectivity index (χ2n) is 6.42. The summed E-state index contributed by atoms with van der Waals surface area (Å²) in [6.07, 6.45) is 2.79. The van der Waals surface area contributed by atoms with E-state index < -0.39 is 0 Å². The first kappa shape index (κ1) is 17.3. The molecule has 0 saturated carbocycles. The van der Waals surface area contributed by atoms with E-state index in [1.165, 1.54) is 0 Å². The van der Waals surface area contributed by atoms with Gasteiger partial charge in [-0.3, -0.25) is 0 Å². The van der Waals surface area contributed by atoms with E-state index in [-0.39, 0.29) is 0 Å². The van der Waals surface area contributed by atoms with Crippen LogP contribution in [-0.2, 0) is 0 Å². The monoisotopic (exact) mass is 356 g/mol. The van der Waals surface area contributed by atoms with Gasteiger partial charge in [0.05, 0.1) is 17.7 Å². The zero-order valence-electron chi connectivity index (χ0n) is 14.6. The Labute approximate surface area is 153 Å². The maximum atomic E-state index is 9.13. The van der Waals surface area contributed by atoms with Crippen LogP contribution in [-0.4, -0.2) is 50.2 Å². The molecule has 0 N–H and O–H groups in total. The van der Waals surface area contributed by atoms with Crippen LogP contribution >= 0.6 is 11.6 Å². The van der Waals surface area contributed by atoms with Crippen molar-refractivity contribution in [3.05, 3.63) is 41.0 Å². The summed E-state index contributed by atoms with van der Waals surface area (Å²) in [7, 11) is 5.96. The normalized spacial score (nSPS) is 16.6. The van der Waals surface area contributed by atoms with Crippen molar-refractivity contribution in [2.24, 2.45) is 0 Å². The molecule has 1 aromatic carbocycles. The van der Waals surface area contributed by atoms with Crippen LogP contribution in [0, 0.1) is 11.3 Å². The summed E-state index contributed by atoms with van der Waals surface area (Å²) in [4.78, 5) is 15.4. The molecule has 130 valence electrons. The summed E-state index contributed by atoms with van der Waals surface area (Å²) in [5, 5.41) is 9.72. The van der Waals surface area contributed by atoms with Gasteiger partial charge in [0.2, 0.25) is 5.95 Å². The van der Waals surface area contributed by atoms with Crippen LogP contribution in [0.5, 0.6) is 0 Å². The van der Waals surface area contributed by atoms with Crippen molar-refractivity contribution in [1.82, 2.24) is 9.97 Å². The first-order valence-electron chi connectivity index (χ1n) is 8.17. The van der Waals surface area contributed by atoms with Gasteiger partial charge >= 0.3 is 0 Å². The van der Waals surface area contributed by atoms with E-state index in [4.69, 9.17) is 16.9 Å². The minimum Gasteiger partial charge on any atom is -0.369 e. The number of hydrogen-bond acceptors (Lipinski definition) is 6. The molecule has 0 amide bonds. The Morgan fingerprint density at radius 1 is 1.28 bits per heavy atom. The van der Waals surface area contributed by atoms with E-state index in [9.17, 15) is 0 Å². The molecule has 1 fully saturated rings. The van der Waals surface area contributed by atoms with Gasteiger partial charge < -0.3 is 14.7 Å². The lowest BCUT2D eigenvalue weighted by atomic mass is 10.2. The number of halogens is 1. The van der Waals surface area contributed by atoms with E-state index in [1.54, 1.807) is 12.3 Å². The van der Waals surface area contributed by atoms with Crippen molar-refractivity contribution in [3.8, 4) is 6.07 Å². The number of nitrogens with zero attached hydrogens (tertiary/aromatic N) is 6. The fourth-order valence-electron chi connectivity index (χ4n) is 3.04. The molecule has 0 aliphatic carbocycles. The van der Waals surface area contributed by atoms with Gasteiger partial charge in [-0.15, -0.1) is 0 Å². The highest BCUT2D eigenvalue weighted by molar-refractivity contribution is 6.31. The average Bonchev–Trinajstić information content (AvgIpc) is 3.10. The molecule has 2 heterocycles. The van der Waals surface area contributed by atoms with Gasteiger partial charge in [0.25, 0.3) is 0 Å². The number of likely N-dealkylation sites (N-methyl/N-ethyl adjacent to an activating group) is 1. The third-order valence-electron chi connectivity index (χ3n) is 4.49. The number of aromatic nitrogens is 2. The molecule has 1 atom stereocenters. The van der Waals surface area contributed by atoms with Crippen molar-refractivity contribution in [1.29, 1.82) is 5.26 Å². The van der Waals surface area contributed by atoms with E-state index in [0.717, 1.165) is 37.0 Å². The molecule has 3 rings (SSSR count).